The zero-order valence-corrected chi connectivity index (χ0v) is 10.6. The molecule has 1 saturated heterocycles. The van der Waals surface area contributed by atoms with Gasteiger partial charge in [0, 0.05) is 23.7 Å². The summed E-state index contributed by atoms with van der Waals surface area (Å²) in [6.45, 7) is 5.99. The van der Waals surface area contributed by atoms with Crippen LogP contribution in [0.5, 0.6) is 0 Å². The Kier molecular flexibility index (Phi) is 3.50. The SMILES string of the molecule is CC(C)(c1ccccc1F)N1CCC[C@H](N)C1. The van der Waals surface area contributed by atoms with Crippen LogP contribution in [-0.2, 0) is 5.54 Å². The molecule has 0 unspecified atom stereocenters. The number of hydrogen-bond donors (Lipinski definition) is 1. The summed E-state index contributed by atoms with van der Waals surface area (Å²) in [5.74, 6) is -0.128. The molecule has 3 heteroatoms. The number of hydrogen-bond acceptors (Lipinski definition) is 2. The lowest BCUT2D eigenvalue weighted by molar-refractivity contribution is 0.0815. The number of nitrogens with two attached hydrogens (primary N) is 1. The van der Waals surface area contributed by atoms with Gasteiger partial charge in [0.25, 0.3) is 0 Å². The fourth-order valence-electron chi connectivity index (χ4n) is 2.65. The van der Waals surface area contributed by atoms with E-state index in [2.05, 4.69) is 18.7 Å². The van der Waals surface area contributed by atoms with Crippen LogP contribution in [0.3, 0.4) is 0 Å². The molecular formula is C14H21FN2. The molecule has 1 aromatic carbocycles. The molecule has 2 rings (SSSR count). The minimum absolute atomic E-state index is 0.128. The first-order chi connectivity index (χ1) is 8.01. The van der Waals surface area contributed by atoms with Crippen molar-refractivity contribution in [3.63, 3.8) is 0 Å². The van der Waals surface area contributed by atoms with Crippen LogP contribution >= 0.6 is 0 Å². The van der Waals surface area contributed by atoms with Crippen LogP contribution in [0.15, 0.2) is 24.3 Å². The Morgan fingerprint density at radius 3 is 2.71 bits per heavy atom. The first-order valence-corrected chi connectivity index (χ1v) is 6.27. The van der Waals surface area contributed by atoms with E-state index in [1.165, 1.54) is 6.07 Å². The van der Waals surface area contributed by atoms with Crippen molar-refractivity contribution in [1.82, 2.24) is 4.90 Å². The largest absolute Gasteiger partial charge is 0.327 e. The van der Waals surface area contributed by atoms with E-state index in [4.69, 9.17) is 5.73 Å². The van der Waals surface area contributed by atoms with Gasteiger partial charge in [0.05, 0.1) is 0 Å². The summed E-state index contributed by atoms with van der Waals surface area (Å²) < 4.78 is 13.9. The standard InChI is InChI=1S/C14H21FN2/c1-14(2,12-7-3-4-8-13(12)15)17-9-5-6-11(16)10-17/h3-4,7-8,11H,5-6,9-10,16H2,1-2H3/t11-/m0/s1. The molecule has 0 bridgehead atoms. The van der Waals surface area contributed by atoms with E-state index in [0.29, 0.717) is 0 Å². The van der Waals surface area contributed by atoms with Gasteiger partial charge >= 0.3 is 0 Å². The molecule has 94 valence electrons. The summed E-state index contributed by atoms with van der Waals surface area (Å²) in [6.07, 6.45) is 2.17. The second-order valence-corrected chi connectivity index (χ2v) is 5.39. The molecule has 2 nitrogen and oxygen atoms in total. The normalized spacial score (nSPS) is 22.7. The molecule has 1 heterocycles. The third-order valence-corrected chi connectivity index (χ3v) is 3.78. The van der Waals surface area contributed by atoms with Gasteiger partial charge in [-0.25, -0.2) is 4.39 Å². The van der Waals surface area contributed by atoms with Crippen molar-refractivity contribution >= 4 is 0 Å². The third kappa shape index (κ3) is 2.50. The lowest BCUT2D eigenvalue weighted by Gasteiger charge is -2.43. The van der Waals surface area contributed by atoms with Gasteiger partial charge in [-0.15, -0.1) is 0 Å². The maximum Gasteiger partial charge on any atom is 0.128 e. The predicted octanol–water partition coefficient (Wildman–Crippen LogP) is 2.48. The highest BCUT2D eigenvalue weighted by Crippen LogP contribution is 2.31. The van der Waals surface area contributed by atoms with E-state index in [1.54, 1.807) is 6.07 Å². The summed E-state index contributed by atoms with van der Waals surface area (Å²) in [6, 6.07) is 7.24. The highest BCUT2D eigenvalue weighted by atomic mass is 19.1. The van der Waals surface area contributed by atoms with Crippen LogP contribution in [0.2, 0.25) is 0 Å². The van der Waals surface area contributed by atoms with Crippen LogP contribution < -0.4 is 5.73 Å². The quantitative estimate of drug-likeness (QED) is 0.854. The van der Waals surface area contributed by atoms with Crippen LogP contribution in [0, 0.1) is 5.82 Å². The Labute approximate surface area is 103 Å². The summed E-state index contributed by atoms with van der Waals surface area (Å²) >= 11 is 0. The molecular weight excluding hydrogens is 215 g/mol. The van der Waals surface area contributed by atoms with E-state index in [-0.39, 0.29) is 17.4 Å². The second kappa shape index (κ2) is 4.75. The smallest absolute Gasteiger partial charge is 0.128 e. The van der Waals surface area contributed by atoms with E-state index in [0.717, 1.165) is 31.5 Å². The zero-order chi connectivity index (χ0) is 12.5. The number of rotatable bonds is 2. The number of likely N-dealkylation sites (tertiary alicyclic amines) is 1. The molecule has 0 aliphatic carbocycles. The van der Waals surface area contributed by atoms with Crippen molar-refractivity contribution in [2.75, 3.05) is 13.1 Å². The minimum atomic E-state index is -0.288. The molecule has 1 aliphatic rings. The lowest BCUT2D eigenvalue weighted by atomic mass is 9.89. The second-order valence-electron chi connectivity index (χ2n) is 5.39. The molecule has 1 fully saturated rings. The monoisotopic (exact) mass is 236 g/mol. The fraction of sp³-hybridized carbons (Fsp3) is 0.571. The Hall–Kier alpha value is -0.930. The van der Waals surface area contributed by atoms with Gasteiger partial charge in [0.15, 0.2) is 0 Å². The molecule has 1 aromatic rings. The first kappa shape index (κ1) is 12.5. The highest BCUT2D eigenvalue weighted by Gasteiger charge is 2.33. The molecule has 0 amide bonds. The van der Waals surface area contributed by atoms with Gasteiger partial charge in [-0.3, -0.25) is 4.90 Å². The predicted molar refractivity (Wildman–Crippen MR) is 68.2 cm³/mol. The Bertz CT molecular complexity index is 390. The van der Waals surface area contributed by atoms with E-state index in [1.807, 2.05) is 12.1 Å². The first-order valence-electron chi connectivity index (χ1n) is 6.27. The van der Waals surface area contributed by atoms with Crippen molar-refractivity contribution in [3.8, 4) is 0 Å². The van der Waals surface area contributed by atoms with E-state index in [9.17, 15) is 4.39 Å². The van der Waals surface area contributed by atoms with Gasteiger partial charge < -0.3 is 5.73 Å². The summed E-state index contributed by atoms with van der Waals surface area (Å²) in [5, 5.41) is 0. The molecule has 0 aromatic heterocycles. The van der Waals surface area contributed by atoms with Crippen molar-refractivity contribution in [1.29, 1.82) is 0 Å². The highest BCUT2D eigenvalue weighted by molar-refractivity contribution is 5.25. The molecule has 0 radical (unpaired) electrons. The van der Waals surface area contributed by atoms with Gasteiger partial charge in [0.2, 0.25) is 0 Å². The molecule has 1 atom stereocenters. The topological polar surface area (TPSA) is 29.3 Å². The maximum absolute atomic E-state index is 13.9. The van der Waals surface area contributed by atoms with Crippen LogP contribution in [0.1, 0.15) is 32.3 Å². The minimum Gasteiger partial charge on any atom is -0.327 e. The Morgan fingerprint density at radius 1 is 1.35 bits per heavy atom. The molecule has 0 spiro atoms. The molecule has 2 N–H and O–H groups in total. The van der Waals surface area contributed by atoms with Gasteiger partial charge in [-0.2, -0.15) is 0 Å². The molecule has 17 heavy (non-hydrogen) atoms. The number of benzene rings is 1. The molecule has 0 saturated carbocycles. The van der Waals surface area contributed by atoms with E-state index < -0.39 is 0 Å². The lowest BCUT2D eigenvalue weighted by Crippen LogP contribution is -2.51. The average molecular weight is 236 g/mol. The Balaban J connectivity index is 2.26. The van der Waals surface area contributed by atoms with Crippen LogP contribution in [0.4, 0.5) is 4.39 Å². The van der Waals surface area contributed by atoms with Gasteiger partial charge in [-0.05, 0) is 39.3 Å². The van der Waals surface area contributed by atoms with Crippen molar-refractivity contribution in [2.45, 2.75) is 38.3 Å². The number of piperidine rings is 1. The van der Waals surface area contributed by atoms with Crippen LogP contribution in [0.25, 0.3) is 0 Å². The molecule has 1 aliphatic heterocycles. The van der Waals surface area contributed by atoms with Crippen molar-refractivity contribution < 1.29 is 4.39 Å². The van der Waals surface area contributed by atoms with Crippen molar-refractivity contribution in [2.24, 2.45) is 5.73 Å². The van der Waals surface area contributed by atoms with Gasteiger partial charge in [-0.1, -0.05) is 18.2 Å². The third-order valence-electron chi connectivity index (χ3n) is 3.78. The van der Waals surface area contributed by atoms with Crippen LogP contribution in [-0.4, -0.2) is 24.0 Å². The van der Waals surface area contributed by atoms with Gasteiger partial charge in [0.1, 0.15) is 5.82 Å². The maximum atomic E-state index is 13.9. The Morgan fingerprint density at radius 2 is 2.06 bits per heavy atom. The van der Waals surface area contributed by atoms with Crippen molar-refractivity contribution in [3.05, 3.63) is 35.6 Å². The summed E-state index contributed by atoms with van der Waals surface area (Å²) in [5.41, 5.74) is 6.47. The fourth-order valence-corrected chi connectivity index (χ4v) is 2.65. The summed E-state index contributed by atoms with van der Waals surface area (Å²) in [7, 11) is 0. The summed E-state index contributed by atoms with van der Waals surface area (Å²) in [4.78, 5) is 2.29. The number of nitrogens with zero attached hydrogens (tertiary/aromatic N) is 1. The van der Waals surface area contributed by atoms with E-state index >= 15 is 0 Å². The number of halogens is 1. The zero-order valence-electron chi connectivity index (χ0n) is 10.6. The average Bonchev–Trinajstić information content (AvgIpc) is 2.29.